The smallest absolute Gasteiger partial charge is 0.407 e. The maximum atomic E-state index is 11.6. The second-order valence-corrected chi connectivity index (χ2v) is 6.98. The van der Waals surface area contributed by atoms with Gasteiger partial charge in [0.25, 0.3) is 0 Å². The molecule has 0 aliphatic heterocycles. The molecular formula is C19H34N6O2. The van der Waals surface area contributed by atoms with Crippen molar-refractivity contribution in [3.8, 4) is 0 Å². The molecule has 0 aliphatic rings. The summed E-state index contributed by atoms with van der Waals surface area (Å²) < 4.78 is 5.18. The van der Waals surface area contributed by atoms with Gasteiger partial charge in [-0.15, -0.1) is 0 Å². The number of hydrogen-bond acceptors (Lipinski definition) is 5. The lowest BCUT2D eigenvalue weighted by molar-refractivity contribution is 0.0529. The molecule has 1 aromatic rings. The Morgan fingerprint density at radius 3 is 2.33 bits per heavy atom. The number of nitrogens with zero attached hydrogens (tertiary/aromatic N) is 3. The first-order valence-corrected chi connectivity index (χ1v) is 9.40. The Hall–Kier alpha value is -2.51. The molecule has 0 unspecified atom stereocenters. The van der Waals surface area contributed by atoms with E-state index in [0.717, 1.165) is 24.5 Å². The fraction of sp³-hybridized carbons (Fsp3) is 0.632. The molecule has 1 rings (SSSR count). The molecule has 0 aliphatic carbocycles. The van der Waals surface area contributed by atoms with Crippen LogP contribution in [0.2, 0.25) is 0 Å². The molecule has 0 bridgehead atoms. The number of anilines is 1. The van der Waals surface area contributed by atoms with Crippen molar-refractivity contribution in [1.82, 2.24) is 20.9 Å². The summed E-state index contributed by atoms with van der Waals surface area (Å²) in [6, 6.07) is 4.09. The molecule has 27 heavy (non-hydrogen) atoms. The summed E-state index contributed by atoms with van der Waals surface area (Å²) >= 11 is 0. The van der Waals surface area contributed by atoms with Crippen molar-refractivity contribution < 1.29 is 9.53 Å². The van der Waals surface area contributed by atoms with E-state index in [1.165, 1.54) is 0 Å². The summed E-state index contributed by atoms with van der Waals surface area (Å²) in [6.07, 6.45) is 1.45. The van der Waals surface area contributed by atoms with E-state index < -0.39 is 11.7 Å². The van der Waals surface area contributed by atoms with E-state index >= 15 is 0 Å². The lowest BCUT2D eigenvalue weighted by atomic mass is 10.2. The Balaban J connectivity index is 2.35. The third-order valence-corrected chi connectivity index (χ3v) is 3.67. The average Bonchev–Trinajstić information content (AvgIpc) is 2.61. The minimum atomic E-state index is -0.496. The van der Waals surface area contributed by atoms with Gasteiger partial charge in [-0.25, -0.2) is 9.78 Å². The summed E-state index contributed by atoms with van der Waals surface area (Å²) in [4.78, 5) is 22.5. The molecule has 3 N–H and O–H groups in total. The van der Waals surface area contributed by atoms with Gasteiger partial charge in [0.15, 0.2) is 5.96 Å². The number of carbonyl (C=O) groups is 1. The molecule has 0 aromatic carbocycles. The lowest BCUT2D eigenvalue weighted by Crippen LogP contribution is -2.42. The van der Waals surface area contributed by atoms with E-state index in [9.17, 15) is 4.79 Å². The number of carbonyl (C=O) groups excluding carboxylic acids is 1. The zero-order chi connectivity index (χ0) is 20.3. The van der Waals surface area contributed by atoms with Crippen LogP contribution in [0.4, 0.5) is 10.6 Å². The van der Waals surface area contributed by atoms with E-state index in [2.05, 4.69) is 50.7 Å². The summed E-state index contributed by atoms with van der Waals surface area (Å²) in [5, 5.41) is 9.07. The van der Waals surface area contributed by atoms with Gasteiger partial charge in [-0.1, -0.05) is 6.07 Å². The van der Waals surface area contributed by atoms with Gasteiger partial charge in [0.05, 0.1) is 0 Å². The number of alkyl carbamates (subject to hydrolysis) is 1. The van der Waals surface area contributed by atoms with Crippen LogP contribution in [0.3, 0.4) is 0 Å². The minimum Gasteiger partial charge on any atom is -0.444 e. The van der Waals surface area contributed by atoms with Gasteiger partial charge in [-0.3, -0.25) is 4.99 Å². The average molecular weight is 379 g/mol. The predicted molar refractivity (Wildman–Crippen MR) is 110 cm³/mol. The maximum Gasteiger partial charge on any atom is 0.407 e. The number of amides is 1. The number of hydrogen-bond donors (Lipinski definition) is 3. The van der Waals surface area contributed by atoms with Gasteiger partial charge >= 0.3 is 6.09 Å². The molecule has 8 nitrogen and oxygen atoms in total. The zero-order valence-electron chi connectivity index (χ0n) is 17.4. The highest BCUT2D eigenvalue weighted by atomic mass is 16.6. The largest absolute Gasteiger partial charge is 0.444 e. The lowest BCUT2D eigenvalue weighted by Gasteiger charge is -2.20. The van der Waals surface area contributed by atoms with Crippen molar-refractivity contribution in [3.63, 3.8) is 0 Å². The fourth-order valence-corrected chi connectivity index (χ4v) is 2.32. The topological polar surface area (TPSA) is 90.9 Å². The van der Waals surface area contributed by atoms with Crippen LogP contribution in [-0.4, -0.2) is 55.9 Å². The molecule has 1 amide bonds. The summed E-state index contributed by atoms with van der Waals surface area (Å²) in [7, 11) is 1.71. The number of nitrogens with one attached hydrogen (secondary N) is 3. The van der Waals surface area contributed by atoms with Gasteiger partial charge < -0.3 is 25.6 Å². The monoisotopic (exact) mass is 378 g/mol. The van der Waals surface area contributed by atoms with E-state index in [1.807, 2.05) is 33.0 Å². The first-order chi connectivity index (χ1) is 12.8. The van der Waals surface area contributed by atoms with E-state index in [1.54, 1.807) is 7.05 Å². The quantitative estimate of drug-likeness (QED) is 0.365. The standard InChI is InChI=1S/C19H34N6O2/c1-7-25(8-2)16-10-9-15(13-23-16)14-24-17(20-6)21-11-12-22-18(26)27-19(3,4)5/h9-10,13H,7-8,11-12,14H2,1-6H3,(H,22,26)(H2,20,21,24). The third-order valence-electron chi connectivity index (χ3n) is 3.67. The zero-order valence-corrected chi connectivity index (χ0v) is 17.4. The van der Waals surface area contributed by atoms with Crippen molar-refractivity contribution in [1.29, 1.82) is 0 Å². The Morgan fingerprint density at radius 2 is 1.81 bits per heavy atom. The van der Waals surface area contributed by atoms with Crippen LogP contribution in [0, 0.1) is 0 Å². The fourth-order valence-electron chi connectivity index (χ4n) is 2.32. The number of guanidine groups is 1. The second kappa shape index (κ2) is 11.3. The summed E-state index contributed by atoms with van der Waals surface area (Å²) in [6.45, 7) is 13.2. The first-order valence-electron chi connectivity index (χ1n) is 9.40. The van der Waals surface area contributed by atoms with Gasteiger partial charge in [0.2, 0.25) is 0 Å². The van der Waals surface area contributed by atoms with Crippen molar-refractivity contribution in [2.45, 2.75) is 46.8 Å². The van der Waals surface area contributed by atoms with Crippen LogP contribution < -0.4 is 20.9 Å². The molecule has 0 atom stereocenters. The van der Waals surface area contributed by atoms with Crippen LogP contribution in [0.15, 0.2) is 23.3 Å². The number of pyridine rings is 1. The van der Waals surface area contributed by atoms with Crippen LogP contribution in [0.1, 0.15) is 40.2 Å². The molecule has 8 heteroatoms. The molecule has 1 aromatic heterocycles. The van der Waals surface area contributed by atoms with Gasteiger partial charge in [0.1, 0.15) is 11.4 Å². The van der Waals surface area contributed by atoms with Gasteiger partial charge in [0, 0.05) is 46.0 Å². The summed E-state index contributed by atoms with van der Waals surface area (Å²) in [5.41, 5.74) is 0.574. The Labute approximate surface area is 162 Å². The molecule has 152 valence electrons. The molecule has 0 radical (unpaired) electrons. The Kier molecular flexibility index (Phi) is 9.39. The predicted octanol–water partition coefficient (Wildman–Crippen LogP) is 2.12. The molecule has 0 saturated carbocycles. The molecule has 0 saturated heterocycles. The van der Waals surface area contributed by atoms with Gasteiger partial charge in [-0.05, 0) is 46.2 Å². The highest BCUT2D eigenvalue weighted by Crippen LogP contribution is 2.10. The molecular weight excluding hydrogens is 344 g/mol. The molecule has 0 spiro atoms. The Morgan fingerprint density at radius 1 is 1.15 bits per heavy atom. The summed E-state index contributed by atoms with van der Waals surface area (Å²) in [5.74, 6) is 1.65. The SMILES string of the molecule is CCN(CC)c1ccc(CNC(=NC)NCCNC(=O)OC(C)(C)C)cn1. The second-order valence-electron chi connectivity index (χ2n) is 6.98. The minimum absolute atomic E-state index is 0.424. The third kappa shape index (κ3) is 9.12. The van der Waals surface area contributed by atoms with Crippen molar-refractivity contribution in [3.05, 3.63) is 23.9 Å². The molecule has 1 heterocycles. The van der Waals surface area contributed by atoms with Crippen molar-refractivity contribution >= 4 is 17.9 Å². The highest BCUT2D eigenvalue weighted by Gasteiger charge is 2.15. The van der Waals surface area contributed by atoms with Crippen LogP contribution >= 0.6 is 0 Å². The number of aromatic nitrogens is 1. The van der Waals surface area contributed by atoms with Crippen LogP contribution in [0.25, 0.3) is 0 Å². The number of rotatable bonds is 8. The number of ether oxygens (including phenoxy) is 1. The van der Waals surface area contributed by atoms with Gasteiger partial charge in [-0.2, -0.15) is 0 Å². The highest BCUT2D eigenvalue weighted by molar-refractivity contribution is 5.79. The Bertz CT molecular complexity index is 591. The van der Waals surface area contributed by atoms with Crippen molar-refractivity contribution in [2.24, 2.45) is 4.99 Å². The van der Waals surface area contributed by atoms with E-state index in [0.29, 0.717) is 25.6 Å². The number of aliphatic imine (C=N–C) groups is 1. The molecule has 0 fully saturated rings. The first kappa shape index (κ1) is 22.5. The maximum absolute atomic E-state index is 11.6. The van der Waals surface area contributed by atoms with Crippen molar-refractivity contribution in [2.75, 3.05) is 38.1 Å². The van der Waals surface area contributed by atoms with Crippen LogP contribution in [0.5, 0.6) is 0 Å². The normalized spacial score (nSPS) is 11.7. The van der Waals surface area contributed by atoms with E-state index in [-0.39, 0.29) is 0 Å². The van der Waals surface area contributed by atoms with E-state index in [4.69, 9.17) is 4.74 Å². The van der Waals surface area contributed by atoms with Crippen LogP contribution in [-0.2, 0) is 11.3 Å².